The minimum absolute atomic E-state index is 0.109. The summed E-state index contributed by atoms with van der Waals surface area (Å²) in [5.74, 6) is -2.33. The van der Waals surface area contributed by atoms with Gasteiger partial charge in [0.05, 0.1) is 19.3 Å². The van der Waals surface area contributed by atoms with E-state index in [2.05, 4.69) is 0 Å². The van der Waals surface area contributed by atoms with Gasteiger partial charge in [-0.05, 0) is 31.2 Å². The third kappa shape index (κ3) is 7.52. The Kier molecular flexibility index (Phi) is 11.5. The molecule has 20 heteroatoms. The summed E-state index contributed by atoms with van der Waals surface area (Å²) in [5.41, 5.74) is -1.16. The van der Waals surface area contributed by atoms with Gasteiger partial charge in [-0.2, -0.15) is 0 Å². The normalized spacial score (nSPS) is 37.8. The molecule has 0 saturated carbocycles. The summed E-state index contributed by atoms with van der Waals surface area (Å²) in [4.78, 5) is 13.1. The fourth-order valence-corrected chi connectivity index (χ4v) is 6.23. The number of phenols is 2. The van der Waals surface area contributed by atoms with Crippen LogP contribution in [0.5, 0.6) is 23.0 Å². The molecule has 0 unspecified atom stereocenters. The van der Waals surface area contributed by atoms with E-state index >= 15 is 0 Å². The van der Waals surface area contributed by atoms with Crippen molar-refractivity contribution in [3.8, 4) is 34.3 Å². The van der Waals surface area contributed by atoms with E-state index in [1.807, 2.05) is 0 Å². The molecule has 20 nitrogen and oxygen atoms in total. The highest BCUT2D eigenvalue weighted by Gasteiger charge is 2.52. The first-order valence-corrected chi connectivity index (χ1v) is 16.4. The highest BCUT2D eigenvalue weighted by atomic mass is 16.8. The average Bonchev–Trinajstić information content (AvgIpc) is 3.13. The van der Waals surface area contributed by atoms with Crippen molar-refractivity contribution in [2.24, 2.45) is 0 Å². The Balaban J connectivity index is 1.32. The molecule has 3 aromatic rings. The molecule has 0 aliphatic carbocycles. The van der Waals surface area contributed by atoms with Crippen LogP contribution in [0.4, 0.5) is 0 Å². The number of aromatic hydroxyl groups is 3. The maximum absolute atomic E-state index is 13.1. The highest BCUT2D eigenvalue weighted by Crippen LogP contribution is 2.38. The Morgan fingerprint density at radius 3 is 2.00 bits per heavy atom. The molecule has 0 bridgehead atoms. The van der Waals surface area contributed by atoms with Gasteiger partial charge < -0.3 is 94.1 Å². The lowest BCUT2D eigenvalue weighted by Gasteiger charge is -2.46. The van der Waals surface area contributed by atoms with Crippen molar-refractivity contribution in [1.82, 2.24) is 0 Å². The van der Waals surface area contributed by atoms with Crippen LogP contribution in [0.1, 0.15) is 6.92 Å². The van der Waals surface area contributed by atoms with Gasteiger partial charge in [-0.15, -0.1) is 0 Å². The molecule has 3 aliphatic rings. The molecule has 6 rings (SSSR count). The van der Waals surface area contributed by atoms with Crippen LogP contribution < -0.4 is 10.2 Å². The van der Waals surface area contributed by atoms with Crippen LogP contribution in [0.2, 0.25) is 0 Å². The van der Waals surface area contributed by atoms with Gasteiger partial charge in [0, 0.05) is 17.7 Å². The van der Waals surface area contributed by atoms with E-state index in [1.165, 1.54) is 31.2 Å². The summed E-state index contributed by atoms with van der Waals surface area (Å²) in [5, 5.41) is 124. The van der Waals surface area contributed by atoms with Gasteiger partial charge in [0.2, 0.25) is 17.5 Å². The Bertz CT molecular complexity index is 1780. The zero-order valence-corrected chi connectivity index (χ0v) is 27.7. The van der Waals surface area contributed by atoms with E-state index in [1.54, 1.807) is 0 Å². The van der Waals surface area contributed by atoms with Crippen LogP contribution in [0.25, 0.3) is 22.3 Å². The fourth-order valence-electron chi connectivity index (χ4n) is 6.23. The SMILES string of the molecule is C[C@@H]1O[C@@H](OC[C@H]2O[C@@H](Oc3cc(O)c4c(=O)c(O)c(-c5ccc(O)cc5)oc4c3)[C@H](O[C@@H]3O[C@H](CO)[C@@H](O)[C@H](O)[C@H]3O)[C@@H](O)[C@@H]2O)[C@H](O)[C@H](O)[C@H]1O. The van der Waals surface area contributed by atoms with Crippen LogP contribution in [-0.4, -0.2) is 167 Å². The topological polar surface area (TPSA) is 328 Å². The average molecular weight is 757 g/mol. The fraction of sp³-hybridized carbons (Fsp3) is 0.545. The number of fused-ring (bicyclic) bond motifs is 1. The third-order valence-corrected chi connectivity index (χ3v) is 9.32. The lowest BCUT2D eigenvalue weighted by atomic mass is 9.97. The van der Waals surface area contributed by atoms with Gasteiger partial charge in [-0.25, -0.2) is 0 Å². The quantitative estimate of drug-likeness (QED) is 0.100. The van der Waals surface area contributed by atoms with E-state index in [-0.39, 0.29) is 28.4 Å². The van der Waals surface area contributed by atoms with Crippen molar-refractivity contribution in [3.05, 3.63) is 46.6 Å². The van der Waals surface area contributed by atoms with Gasteiger partial charge >= 0.3 is 0 Å². The van der Waals surface area contributed by atoms with Crippen LogP contribution >= 0.6 is 0 Å². The van der Waals surface area contributed by atoms with Crippen molar-refractivity contribution in [2.45, 2.75) is 99.0 Å². The van der Waals surface area contributed by atoms with Crippen LogP contribution in [0.3, 0.4) is 0 Å². The smallest absolute Gasteiger partial charge is 0.238 e. The summed E-state index contributed by atoms with van der Waals surface area (Å²) < 4.78 is 39.7. The predicted octanol–water partition coefficient (Wildman–Crippen LogP) is -3.57. The van der Waals surface area contributed by atoms with Crippen molar-refractivity contribution in [3.63, 3.8) is 0 Å². The summed E-state index contributed by atoms with van der Waals surface area (Å²) in [6.07, 6.45) is -25.3. The number of ether oxygens (including phenoxy) is 6. The van der Waals surface area contributed by atoms with E-state index < -0.39 is 128 Å². The van der Waals surface area contributed by atoms with Crippen molar-refractivity contribution in [2.75, 3.05) is 13.2 Å². The lowest BCUT2D eigenvalue weighted by molar-refractivity contribution is -0.362. The molecule has 12 N–H and O–H groups in total. The monoisotopic (exact) mass is 756 g/mol. The number of hydrogen-bond acceptors (Lipinski definition) is 20. The van der Waals surface area contributed by atoms with Gasteiger partial charge in [0.25, 0.3) is 0 Å². The van der Waals surface area contributed by atoms with Crippen molar-refractivity contribution >= 4 is 11.0 Å². The molecule has 3 aliphatic heterocycles. The van der Waals surface area contributed by atoms with E-state index in [4.69, 9.17) is 32.8 Å². The Labute approximate surface area is 298 Å². The minimum atomic E-state index is -1.98. The number of aliphatic hydroxyl groups is 9. The molecule has 15 atom stereocenters. The second-order valence-corrected chi connectivity index (χ2v) is 12.9. The number of phenolic OH excluding ortho intramolecular Hbond substituents is 2. The number of rotatable bonds is 9. The molecule has 292 valence electrons. The zero-order valence-electron chi connectivity index (χ0n) is 27.7. The largest absolute Gasteiger partial charge is 0.508 e. The van der Waals surface area contributed by atoms with E-state index in [0.29, 0.717) is 0 Å². The number of hydrogen-bond donors (Lipinski definition) is 12. The van der Waals surface area contributed by atoms with Gasteiger partial charge in [-0.3, -0.25) is 4.79 Å². The number of benzene rings is 2. The highest BCUT2D eigenvalue weighted by molar-refractivity contribution is 5.88. The first-order valence-electron chi connectivity index (χ1n) is 16.4. The molecular formula is C33H40O20. The van der Waals surface area contributed by atoms with Crippen LogP contribution in [0, 0.1) is 0 Å². The zero-order chi connectivity index (χ0) is 38.5. The second kappa shape index (κ2) is 15.6. The van der Waals surface area contributed by atoms with Gasteiger partial charge in [0.15, 0.2) is 24.4 Å². The maximum atomic E-state index is 13.1. The first-order chi connectivity index (χ1) is 25.1. The Morgan fingerprint density at radius 2 is 1.32 bits per heavy atom. The van der Waals surface area contributed by atoms with Crippen molar-refractivity contribution < 1.29 is 94.1 Å². The summed E-state index contributed by atoms with van der Waals surface area (Å²) in [6, 6.07) is 7.30. The van der Waals surface area contributed by atoms with Crippen LogP contribution in [0.15, 0.2) is 45.6 Å². The van der Waals surface area contributed by atoms with Crippen LogP contribution in [-0.2, 0) is 23.7 Å². The van der Waals surface area contributed by atoms with E-state index in [9.17, 15) is 66.1 Å². The third-order valence-electron chi connectivity index (χ3n) is 9.32. The molecule has 53 heavy (non-hydrogen) atoms. The summed E-state index contributed by atoms with van der Waals surface area (Å²) in [6.45, 7) is -0.0544. The minimum Gasteiger partial charge on any atom is -0.508 e. The standard InChI is InChI=1S/C33H40O20/c1-10-19(37)23(41)27(45)31(48-10)47-9-17-21(39)25(43)30(53-32-28(46)24(42)20(38)16(8-34)51-32)33(52-17)49-13-6-14(36)18-15(7-13)50-29(26(44)22(18)40)11-2-4-12(35)5-3-11/h2-7,10,16-17,19-21,23-25,27-28,30-39,41-46H,8-9H2,1H3/t10-,16+,17+,19-,20+,21+,23+,24-,25-,27+,28+,30+,31+,32-,33+/m0/s1. The van der Waals surface area contributed by atoms with Gasteiger partial charge in [0.1, 0.15) is 89.3 Å². The molecule has 0 radical (unpaired) electrons. The molecule has 0 spiro atoms. The Hall–Kier alpha value is -3.71. The first kappa shape index (κ1) is 39.0. The Morgan fingerprint density at radius 1 is 0.698 bits per heavy atom. The number of aliphatic hydroxyl groups excluding tert-OH is 9. The molecule has 0 amide bonds. The summed E-state index contributed by atoms with van der Waals surface area (Å²) in [7, 11) is 0. The predicted molar refractivity (Wildman–Crippen MR) is 171 cm³/mol. The lowest BCUT2D eigenvalue weighted by Crippen LogP contribution is -2.65. The van der Waals surface area contributed by atoms with Gasteiger partial charge in [-0.1, -0.05) is 0 Å². The molecule has 1 aromatic heterocycles. The maximum Gasteiger partial charge on any atom is 0.238 e. The molecule has 3 fully saturated rings. The molecule has 4 heterocycles. The summed E-state index contributed by atoms with van der Waals surface area (Å²) >= 11 is 0. The molecule has 2 aromatic carbocycles. The van der Waals surface area contributed by atoms with E-state index in [0.717, 1.165) is 12.1 Å². The molecular weight excluding hydrogens is 716 g/mol. The second-order valence-electron chi connectivity index (χ2n) is 12.9. The van der Waals surface area contributed by atoms with Crippen molar-refractivity contribution in [1.29, 1.82) is 0 Å². The molecule has 3 saturated heterocycles.